The smallest absolute Gasteiger partial charge is 0.303 e. The van der Waals surface area contributed by atoms with Gasteiger partial charge in [0.05, 0.1) is 6.42 Å². The van der Waals surface area contributed by atoms with E-state index in [1.807, 2.05) is 35.2 Å². The molecule has 1 heterocycles. The molecule has 5 nitrogen and oxygen atoms in total. The molecule has 0 unspecified atom stereocenters. The van der Waals surface area contributed by atoms with E-state index >= 15 is 0 Å². The van der Waals surface area contributed by atoms with E-state index in [-0.39, 0.29) is 29.3 Å². The third-order valence-electron chi connectivity index (χ3n) is 2.76. The summed E-state index contributed by atoms with van der Waals surface area (Å²) in [6.07, 6.45) is 6.86. The maximum atomic E-state index is 11.5. The lowest BCUT2D eigenvalue weighted by Gasteiger charge is -2.03. The molecule has 0 saturated heterocycles. The van der Waals surface area contributed by atoms with Crippen molar-refractivity contribution in [3.05, 3.63) is 30.6 Å². The predicted octanol–water partition coefficient (Wildman–Crippen LogP) is -1.87. The van der Waals surface area contributed by atoms with Crippen molar-refractivity contribution in [2.45, 2.75) is 38.6 Å². The Morgan fingerprint density at radius 1 is 1.00 bits per heavy atom. The highest BCUT2D eigenvalue weighted by Crippen LogP contribution is 1.98. The summed E-state index contributed by atoms with van der Waals surface area (Å²) in [5.74, 6) is -0.724. The van der Waals surface area contributed by atoms with Crippen molar-refractivity contribution in [2.75, 3.05) is 6.54 Å². The second kappa shape index (κ2) is 11.4. The summed E-state index contributed by atoms with van der Waals surface area (Å²) in [6.45, 7) is 1.30. The lowest BCUT2D eigenvalue weighted by Crippen LogP contribution is -3.00. The van der Waals surface area contributed by atoms with Gasteiger partial charge in [-0.2, -0.15) is 0 Å². The lowest BCUT2D eigenvalue weighted by atomic mass is 10.2. The molecule has 1 aromatic heterocycles. The van der Waals surface area contributed by atoms with Crippen LogP contribution < -0.4 is 26.9 Å². The van der Waals surface area contributed by atoms with Crippen LogP contribution in [0.3, 0.4) is 0 Å². The standard InChI is InChI=1S/C14H20N2O3.BrH/c17-13(8-12-16-10-5-2-6-11-16)15-9-4-1-3-7-14(18)19;/h2,5-6,10-11H,1,3-4,7-9,12H2,(H-,15,17,18,19);1H. The molecule has 0 saturated carbocycles. The maximum absolute atomic E-state index is 11.5. The molecule has 0 aliphatic heterocycles. The lowest BCUT2D eigenvalue weighted by molar-refractivity contribution is -0.695. The number of carboxylic acid groups (broad SMARTS) is 1. The monoisotopic (exact) mass is 344 g/mol. The fourth-order valence-electron chi connectivity index (χ4n) is 1.71. The highest BCUT2D eigenvalue weighted by Gasteiger charge is 2.05. The van der Waals surface area contributed by atoms with E-state index < -0.39 is 5.97 Å². The maximum Gasteiger partial charge on any atom is 0.303 e. The number of hydrogen-bond acceptors (Lipinski definition) is 2. The van der Waals surface area contributed by atoms with E-state index in [2.05, 4.69) is 5.32 Å². The third kappa shape index (κ3) is 9.49. The highest BCUT2D eigenvalue weighted by molar-refractivity contribution is 5.75. The van der Waals surface area contributed by atoms with Crippen molar-refractivity contribution >= 4 is 11.9 Å². The van der Waals surface area contributed by atoms with Crippen LogP contribution in [-0.4, -0.2) is 23.5 Å². The van der Waals surface area contributed by atoms with Gasteiger partial charge in [-0.15, -0.1) is 0 Å². The number of aryl methyl sites for hydroxylation is 1. The number of rotatable bonds is 9. The number of unbranched alkanes of at least 4 members (excludes halogenated alkanes) is 2. The number of carbonyl (C=O) groups is 2. The van der Waals surface area contributed by atoms with Gasteiger partial charge in [0.1, 0.15) is 0 Å². The number of halogens is 1. The number of amides is 1. The summed E-state index contributed by atoms with van der Waals surface area (Å²) >= 11 is 0. The largest absolute Gasteiger partial charge is 1.00 e. The van der Waals surface area contributed by atoms with Gasteiger partial charge in [0.2, 0.25) is 5.91 Å². The molecule has 2 N–H and O–H groups in total. The van der Waals surface area contributed by atoms with Crippen LogP contribution >= 0.6 is 0 Å². The minimum Gasteiger partial charge on any atom is -1.00 e. The minimum absolute atomic E-state index is 0. The van der Waals surface area contributed by atoms with Crippen LogP contribution in [-0.2, 0) is 16.1 Å². The zero-order valence-electron chi connectivity index (χ0n) is 11.4. The Bertz CT molecular complexity index is 399. The molecule has 0 bridgehead atoms. The summed E-state index contributed by atoms with van der Waals surface area (Å²) in [6, 6.07) is 5.80. The van der Waals surface area contributed by atoms with Gasteiger partial charge in [-0.1, -0.05) is 12.5 Å². The molecule has 0 aromatic carbocycles. The fraction of sp³-hybridized carbons (Fsp3) is 0.500. The molecule has 6 heteroatoms. The predicted molar refractivity (Wildman–Crippen MR) is 70.4 cm³/mol. The average molecular weight is 345 g/mol. The average Bonchev–Trinajstić information content (AvgIpc) is 2.41. The van der Waals surface area contributed by atoms with Gasteiger partial charge in [-0.05, 0) is 12.8 Å². The van der Waals surface area contributed by atoms with Crippen molar-refractivity contribution in [3.8, 4) is 0 Å². The molecule has 0 aliphatic rings. The number of aliphatic carboxylic acids is 1. The molecule has 0 aliphatic carbocycles. The SMILES string of the molecule is O=C(O)CCCCCNC(=O)CC[n+]1ccccc1.[Br-]. The molecule has 1 aromatic rings. The Balaban J connectivity index is 0.00000361. The molecule has 0 radical (unpaired) electrons. The Morgan fingerprint density at radius 3 is 2.35 bits per heavy atom. The molecule has 1 amide bonds. The molecule has 0 spiro atoms. The third-order valence-corrected chi connectivity index (χ3v) is 2.76. The van der Waals surface area contributed by atoms with Gasteiger partial charge in [-0.25, -0.2) is 4.57 Å². The second-order valence-corrected chi connectivity index (χ2v) is 4.42. The number of hydrogen-bond donors (Lipinski definition) is 2. The summed E-state index contributed by atoms with van der Waals surface area (Å²) < 4.78 is 1.96. The first-order valence-electron chi connectivity index (χ1n) is 6.61. The summed E-state index contributed by atoms with van der Waals surface area (Å²) in [4.78, 5) is 21.8. The van der Waals surface area contributed by atoms with Crippen LogP contribution in [0.2, 0.25) is 0 Å². The normalized spacial score (nSPS) is 9.60. The first kappa shape index (κ1) is 18.6. The Kier molecular flexibility index (Phi) is 10.6. The van der Waals surface area contributed by atoms with E-state index in [1.54, 1.807) is 0 Å². The van der Waals surface area contributed by atoms with Gasteiger partial charge in [-0.3, -0.25) is 9.59 Å². The van der Waals surface area contributed by atoms with Crippen LogP contribution in [0.25, 0.3) is 0 Å². The molecular formula is C14H21BrN2O3. The van der Waals surface area contributed by atoms with Crippen molar-refractivity contribution in [2.24, 2.45) is 0 Å². The topological polar surface area (TPSA) is 70.3 Å². The molecule has 1 rings (SSSR count). The molecule has 20 heavy (non-hydrogen) atoms. The van der Waals surface area contributed by atoms with Gasteiger partial charge in [0, 0.05) is 25.1 Å². The molecule has 0 fully saturated rings. The zero-order valence-corrected chi connectivity index (χ0v) is 13.0. The Hall–Kier alpha value is -1.43. The summed E-state index contributed by atoms with van der Waals surface area (Å²) in [7, 11) is 0. The van der Waals surface area contributed by atoms with Crippen LogP contribution in [0.5, 0.6) is 0 Å². The number of nitrogens with one attached hydrogen (secondary N) is 1. The Labute approximate surface area is 129 Å². The van der Waals surface area contributed by atoms with Crippen LogP contribution in [0, 0.1) is 0 Å². The quantitative estimate of drug-likeness (QED) is 0.407. The van der Waals surface area contributed by atoms with E-state index in [9.17, 15) is 9.59 Å². The number of carbonyl (C=O) groups excluding carboxylic acids is 1. The van der Waals surface area contributed by atoms with Gasteiger partial charge in [0.15, 0.2) is 18.9 Å². The van der Waals surface area contributed by atoms with Gasteiger partial charge >= 0.3 is 5.97 Å². The molecule has 0 atom stereocenters. The number of nitrogens with zero attached hydrogens (tertiary/aromatic N) is 1. The van der Waals surface area contributed by atoms with Crippen LogP contribution in [0.1, 0.15) is 32.1 Å². The fourth-order valence-corrected chi connectivity index (χ4v) is 1.71. The van der Waals surface area contributed by atoms with E-state index in [0.717, 1.165) is 12.8 Å². The van der Waals surface area contributed by atoms with E-state index in [0.29, 0.717) is 25.9 Å². The first-order valence-corrected chi connectivity index (χ1v) is 6.61. The van der Waals surface area contributed by atoms with Gasteiger partial charge in [0.25, 0.3) is 0 Å². The molecular weight excluding hydrogens is 324 g/mol. The van der Waals surface area contributed by atoms with Crippen molar-refractivity contribution in [1.29, 1.82) is 0 Å². The minimum atomic E-state index is -0.760. The molecule has 112 valence electrons. The zero-order chi connectivity index (χ0) is 13.9. The van der Waals surface area contributed by atoms with Crippen molar-refractivity contribution in [3.63, 3.8) is 0 Å². The van der Waals surface area contributed by atoms with Crippen molar-refractivity contribution in [1.82, 2.24) is 5.32 Å². The van der Waals surface area contributed by atoms with Crippen LogP contribution in [0.4, 0.5) is 0 Å². The summed E-state index contributed by atoms with van der Waals surface area (Å²) in [5.41, 5.74) is 0. The Morgan fingerprint density at radius 2 is 1.70 bits per heavy atom. The first-order chi connectivity index (χ1) is 9.18. The number of aromatic nitrogens is 1. The number of carboxylic acids is 1. The number of pyridine rings is 1. The summed E-state index contributed by atoms with van der Waals surface area (Å²) in [5, 5.41) is 11.3. The van der Waals surface area contributed by atoms with Crippen LogP contribution in [0.15, 0.2) is 30.6 Å². The van der Waals surface area contributed by atoms with E-state index in [1.165, 1.54) is 0 Å². The van der Waals surface area contributed by atoms with Gasteiger partial charge < -0.3 is 27.4 Å². The van der Waals surface area contributed by atoms with E-state index in [4.69, 9.17) is 5.11 Å². The highest BCUT2D eigenvalue weighted by atomic mass is 79.9. The van der Waals surface area contributed by atoms with Crippen molar-refractivity contribution < 1.29 is 36.2 Å². The second-order valence-electron chi connectivity index (χ2n) is 4.42.